The minimum atomic E-state index is -0.662. The van der Waals surface area contributed by atoms with Crippen molar-refractivity contribution in [2.24, 2.45) is 0 Å². The van der Waals surface area contributed by atoms with Crippen LogP contribution in [0, 0.1) is 0 Å². The number of hydrogen-bond acceptors (Lipinski definition) is 3. The number of carbonyl (C=O) groups excluding carboxylic acids is 1. The average Bonchev–Trinajstić information content (AvgIpc) is 3.05. The minimum Gasteiger partial charge on any atom is -0.387 e. The maximum atomic E-state index is 11.8. The summed E-state index contributed by atoms with van der Waals surface area (Å²) < 4.78 is 0. The molecule has 0 bridgehead atoms. The SMILES string of the molecule is CCc1ccccc1CNC(=O)NCC(O)c1ccsc1. The maximum Gasteiger partial charge on any atom is 0.315 e. The molecule has 112 valence electrons. The van der Waals surface area contributed by atoms with E-state index in [1.807, 2.05) is 35.0 Å². The quantitative estimate of drug-likeness (QED) is 0.768. The van der Waals surface area contributed by atoms with Gasteiger partial charge < -0.3 is 15.7 Å². The molecule has 1 atom stereocenters. The molecule has 3 N–H and O–H groups in total. The van der Waals surface area contributed by atoms with Gasteiger partial charge in [0, 0.05) is 13.1 Å². The molecule has 1 heterocycles. The number of carbonyl (C=O) groups is 1. The normalized spacial score (nSPS) is 11.9. The smallest absolute Gasteiger partial charge is 0.315 e. The topological polar surface area (TPSA) is 61.4 Å². The number of urea groups is 1. The van der Waals surface area contributed by atoms with Crippen molar-refractivity contribution in [3.63, 3.8) is 0 Å². The van der Waals surface area contributed by atoms with Gasteiger partial charge in [-0.05, 0) is 39.9 Å². The van der Waals surface area contributed by atoms with Gasteiger partial charge in [-0.3, -0.25) is 0 Å². The van der Waals surface area contributed by atoms with Crippen molar-refractivity contribution < 1.29 is 9.90 Å². The van der Waals surface area contributed by atoms with Crippen LogP contribution in [0.15, 0.2) is 41.1 Å². The lowest BCUT2D eigenvalue weighted by Gasteiger charge is -2.13. The van der Waals surface area contributed by atoms with Crippen molar-refractivity contribution in [1.29, 1.82) is 0 Å². The van der Waals surface area contributed by atoms with Gasteiger partial charge in [0.1, 0.15) is 0 Å². The van der Waals surface area contributed by atoms with Crippen molar-refractivity contribution in [2.45, 2.75) is 26.0 Å². The van der Waals surface area contributed by atoms with E-state index in [1.165, 1.54) is 16.9 Å². The van der Waals surface area contributed by atoms with E-state index in [1.54, 1.807) is 0 Å². The second-order valence-electron chi connectivity index (χ2n) is 4.76. The molecule has 1 aromatic carbocycles. The Morgan fingerprint density at radius 1 is 1.24 bits per heavy atom. The van der Waals surface area contributed by atoms with Crippen molar-refractivity contribution in [2.75, 3.05) is 6.54 Å². The fourth-order valence-corrected chi connectivity index (χ4v) is 2.79. The van der Waals surface area contributed by atoms with Crippen LogP contribution in [0.1, 0.15) is 29.7 Å². The first-order valence-corrected chi connectivity index (χ1v) is 7.93. The van der Waals surface area contributed by atoms with E-state index in [0.717, 1.165) is 17.5 Å². The summed E-state index contributed by atoms with van der Waals surface area (Å²) in [6.07, 6.45) is 0.279. The Bertz CT molecular complexity index is 569. The summed E-state index contributed by atoms with van der Waals surface area (Å²) in [6.45, 7) is 2.79. The standard InChI is InChI=1S/C16H20N2O2S/c1-2-12-5-3-4-6-13(12)9-17-16(20)18-10-15(19)14-7-8-21-11-14/h3-8,11,15,19H,2,9-10H2,1H3,(H2,17,18,20). The van der Waals surface area contributed by atoms with Crippen LogP contribution in [0.5, 0.6) is 0 Å². The van der Waals surface area contributed by atoms with E-state index in [0.29, 0.717) is 6.54 Å². The Labute approximate surface area is 128 Å². The molecular formula is C16H20N2O2S. The average molecular weight is 304 g/mol. The predicted octanol–water partition coefficient (Wildman–Crippen LogP) is 2.84. The minimum absolute atomic E-state index is 0.206. The van der Waals surface area contributed by atoms with Gasteiger partial charge in [-0.1, -0.05) is 31.2 Å². The molecule has 0 radical (unpaired) electrons. The van der Waals surface area contributed by atoms with Gasteiger partial charge in [-0.15, -0.1) is 0 Å². The molecule has 2 aromatic rings. The molecule has 21 heavy (non-hydrogen) atoms. The Hall–Kier alpha value is -1.85. The van der Waals surface area contributed by atoms with Gasteiger partial charge in [0.2, 0.25) is 0 Å². The largest absolute Gasteiger partial charge is 0.387 e. The molecule has 0 aliphatic heterocycles. The second-order valence-corrected chi connectivity index (χ2v) is 5.54. The van der Waals surface area contributed by atoms with Gasteiger partial charge in [-0.25, -0.2) is 4.79 Å². The molecule has 2 rings (SSSR count). The highest BCUT2D eigenvalue weighted by Gasteiger charge is 2.09. The van der Waals surface area contributed by atoms with E-state index in [9.17, 15) is 9.90 Å². The number of benzene rings is 1. The van der Waals surface area contributed by atoms with Crippen LogP contribution in [0.4, 0.5) is 4.79 Å². The number of aliphatic hydroxyl groups excluding tert-OH is 1. The maximum absolute atomic E-state index is 11.8. The fourth-order valence-electron chi connectivity index (χ4n) is 2.08. The number of amides is 2. The van der Waals surface area contributed by atoms with Gasteiger partial charge in [-0.2, -0.15) is 11.3 Å². The van der Waals surface area contributed by atoms with Crippen molar-refractivity contribution in [3.8, 4) is 0 Å². The Morgan fingerprint density at radius 2 is 2.00 bits per heavy atom. The number of aliphatic hydroxyl groups is 1. The number of aryl methyl sites for hydroxylation is 1. The highest BCUT2D eigenvalue weighted by Crippen LogP contribution is 2.15. The summed E-state index contributed by atoms with van der Waals surface area (Å²) in [7, 11) is 0. The lowest BCUT2D eigenvalue weighted by molar-refractivity contribution is 0.173. The third kappa shape index (κ3) is 4.58. The van der Waals surface area contributed by atoms with Crippen LogP contribution in [-0.4, -0.2) is 17.7 Å². The van der Waals surface area contributed by atoms with E-state index >= 15 is 0 Å². The van der Waals surface area contributed by atoms with Gasteiger partial charge in [0.15, 0.2) is 0 Å². The highest BCUT2D eigenvalue weighted by atomic mass is 32.1. The Balaban J connectivity index is 1.77. The molecule has 4 nitrogen and oxygen atoms in total. The second kappa shape index (κ2) is 7.81. The number of thiophene rings is 1. The molecule has 0 aliphatic rings. The molecule has 0 saturated heterocycles. The van der Waals surface area contributed by atoms with Crippen LogP contribution in [0.3, 0.4) is 0 Å². The molecule has 0 aliphatic carbocycles. The van der Waals surface area contributed by atoms with E-state index in [-0.39, 0.29) is 12.6 Å². The molecule has 2 amide bonds. The van der Waals surface area contributed by atoms with Gasteiger partial charge in [0.25, 0.3) is 0 Å². The van der Waals surface area contributed by atoms with Crippen LogP contribution in [0.2, 0.25) is 0 Å². The first-order valence-electron chi connectivity index (χ1n) is 6.99. The van der Waals surface area contributed by atoms with Gasteiger partial charge in [0.05, 0.1) is 6.10 Å². The number of nitrogens with one attached hydrogen (secondary N) is 2. The zero-order chi connectivity index (χ0) is 15.1. The molecule has 1 unspecified atom stereocenters. The summed E-state index contributed by atoms with van der Waals surface area (Å²) >= 11 is 1.53. The molecule has 0 fully saturated rings. The lowest BCUT2D eigenvalue weighted by atomic mass is 10.1. The fraction of sp³-hybridized carbons (Fsp3) is 0.312. The number of rotatable bonds is 6. The van der Waals surface area contributed by atoms with Crippen molar-refractivity contribution >= 4 is 17.4 Å². The first-order chi connectivity index (χ1) is 10.2. The summed E-state index contributed by atoms with van der Waals surface area (Å²) in [4.78, 5) is 11.8. The summed E-state index contributed by atoms with van der Waals surface area (Å²) in [5.74, 6) is 0. The van der Waals surface area contributed by atoms with Crippen LogP contribution in [0.25, 0.3) is 0 Å². The molecular weight excluding hydrogens is 284 g/mol. The zero-order valence-corrected chi connectivity index (χ0v) is 12.8. The first kappa shape index (κ1) is 15.5. The van der Waals surface area contributed by atoms with Crippen molar-refractivity contribution in [1.82, 2.24) is 10.6 Å². The molecule has 5 heteroatoms. The molecule has 0 spiro atoms. The Morgan fingerprint density at radius 3 is 2.67 bits per heavy atom. The van der Waals surface area contributed by atoms with Crippen LogP contribution < -0.4 is 10.6 Å². The molecule has 0 saturated carbocycles. The third-order valence-electron chi connectivity index (χ3n) is 3.32. The monoisotopic (exact) mass is 304 g/mol. The summed E-state index contributed by atoms with van der Waals surface area (Å²) in [6, 6.07) is 9.63. The van der Waals surface area contributed by atoms with E-state index < -0.39 is 6.10 Å². The van der Waals surface area contributed by atoms with Crippen molar-refractivity contribution in [3.05, 3.63) is 57.8 Å². The third-order valence-corrected chi connectivity index (χ3v) is 4.02. The van der Waals surface area contributed by atoms with E-state index in [2.05, 4.69) is 23.6 Å². The number of hydrogen-bond donors (Lipinski definition) is 3. The highest BCUT2D eigenvalue weighted by molar-refractivity contribution is 7.07. The van der Waals surface area contributed by atoms with Crippen LogP contribution in [-0.2, 0) is 13.0 Å². The van der Waals surface area contributed by atoms with Gasteiger partial charge >= 0.3 is 6.03 Å². The Kier molecular flexibility index (Phi) is 5.78. The van der Waals surface area contributed by atoms with Crippen LogP contribution >= 0.6 is 11.3 Å². The molecule has 1 aromatic heterocycles. The zero-order valence-electron chi connectivity index (χ0n) is 12.0. The summed E-state index contributed by atoms with van der Waals surface area (Å²) in [5.41, 5.74) is 3.18. The van der Waals surface area contributed by atoms with E-state index in [4.69, 9.17) is 0 Å². The predicted molar refractivity (Wildman–Crippen MR) is 85.3 cm³/mol. The lowest BCUT2D eigenvalue weighted by Crippen LogP contribution is -2.37. The summed E-state index contributed by atoms with van der Waals surface area (Å²) in [5, 5.41) is 19.2.